The number of fused-ring (bicyclic) bond motifs is 5. The van der Waals surface area contributed by atoms with Crippen molar-refractivity contribution in [2.24, 2.45) is 0 Å². The van der Waals surface area contributed by atoms with Crippen LogP contribution in [0.4, 0.5) is 17.1 Å². The Kier molecular flexibility index (Phi) is 8.24. The Bertz CT molecular complexity index is 2490. The van der Waals surface area contributed by atoms with E-state index in [9.17, 15) is 0 Å². The van der Waals surface area contributed by atoms with Gasteiger partial charge in [0.15, 0.2) is 0 Å². The molecule has 0 amide bonds. The monoisotopic (exact) mass is 733 g/mol. The number of hydrogen-bond donors (Lipinski definition) is 0. The second-order valence-corrected chi connectivity index (χ2v) is 20.3. The molecule has 0 radical (unpaired) electrons. The van der Waals surface area contributed by atoms with Crippen molar-refractivity contribution >= 4 is 17.1 Å². The van der Waals surface area contributed by atoms with Crippen molar-refractivity contribution in [3.63, 3.8) is 0 Å². The number of hydrogen-bond acceptors (Lipinski definition) is 1. The molecule has 0 spiro atoms. The van der Waals surface area contributed by atoms with Gasteiger partial charge < -0.3 is 4.90 Å². The van der Waals surface area contributed by atoms with Crippen LogP contribution in [0.2, 0.25) is 0 Å². The van der Waals surface area contributed by atoms with Crippen molar-refractivity contribution in [3.05, 3.63) is 161 Å². The van der Waals surface area contributed by atoms with Crippen LogP contribution in [0.15, 0.2) is 127 Å². The van der Waals surface area contributed by atoms with E-state index in [2.05, 4.69) is 202 Å². The lowest BCUT2D eigenvalue weighted by atomic mass is 9.62. The summed E-state index contributed by atoms with van der Waals surface area (Å²) in [6.45, 7) is 24.3. The van der Waals surface area contributed by atoms with Crippen LogP contribution in [0.25, 0.3) is 33.4 Å². The Morgan fingerprint density at radius 1 is 0.357 bits per heavy atom. The number of para-hydroxylation sites is 1. The molecular formula is C55H59N. The third kappa shape index (κ3) is 5.71. The second-order valence-electron chi connectivity index (χ2n) is 20.3. The number of anilines is 3. The van der Waals surface area contributed by atoms with E-state index in [1.165, 1.54) is 103 Å². The minimum Gasteiger partial charge on any atom is -0.310 e. The van der Waals surface area contributed by atoms with E-state index in [-0.39, 0.29) is 27.1 Å². The predicted octanol–water partition coefficient (Wildman–Crippen LogP) is 15.5. The third-order valence-corrected chi connectivity index (χ3v) is 14.4. The molecular weight excluding hydrogens is 675 g/mol. The molecule has 1 heteroatoms. The topological polar surface area (TPSA) is 3.24 Å². The smallest absolute Gasteiger partial charge is 0.0543 e. The van der Waals surface area contributed by atoms with Gasteiger partial charge in [-0.15, -0.1) is 0 Å². The molecule has 3 aliphatic carbocycles. The van der Waals surface area contributed by atoms with E-state index in [1.807, 2.05) is 0 Å². The predicted molar refractivity (Wildman–Crippen MR) is 240 cm³/mol. The maximum atomic E-state index is 2.60. The van der Waals surface area contributed by atoms with Gasteiger partial charge in [-0.05, 0) is 139 Å². The molecule has 56 heavy (non-hydrogen) atoms. The lowest BCUT2D eigenvalue weighted by Gasteiger charge is -2.45. The van der Waals surface area contributed by atoms with Gasteiger partial charge in [-0.25, -0.2) is 0 Å². The van der Waals surface area contributed by atoms with Gasteiger partial charge in [-0.3, -0.25) is 0 Å². The van der Waals surface area contributed by atoms with Crippen LogP contribution in [0.1, 0.15) is 128 Å². The molecule has 0 aliphatic heterocycles. The second kappa shape index (κ2) is 12.6. The average molecular weight is 734 g/mol. The molecule has 0 saturated carbocycles. The highest BCUT2D eigenvalue weighted by Gasteiger charge is 2.42. The molecule has 284 valence electrons. The minimum absolute atomic E-state index is 0.0289. The number of rotatable bonds is 5. The van der Waals surface area contributed by atoms with Gasteiger partial charge in [0.2, 0.25) is 0 Å². The first-order valence-corrected chi connectivity index (χ1v) is 21.0. The Morgan fingerprint density at radius 2 is 0.929 bits per heavy atom. The summed E-state index contributed by atoms with van der Waals surface area (Å²) in [5.74, 6) is 0. The molecule has 0 bridgehead atoms. The standard InChI is InChI=1S/C55H59N/c1-51(2)29-30-53(5,6)47-33-38(27-28-44(47)51)36-23-25-37(26-24-36)41-34-42-40-19-14-15-20-43(40)55(9,10)46(42)35-49(41)56(39-17-12-11-13-18-39)48-22-16-21-45-50(48)54(7,8)32-31-52(45,3)4/h11-28,33-35H,29-32H2,1-10H3. The van der Waals surface area contributed by atoms with Crippen molar-refractivity contribution in [2.75, 3.05) is 4.90 Å². The zero-order valence-corrected chi connectivity index (χ0v) is 35.4. The average Bonchev–Trinajstić information content (AvgIpc) is 3.41. The largest absolute Gasteiger partial charge is 0.310 e. The van der Waals surface area contributed by atoms with E-state index >= 15 is 0 Å². The SMILES string of the molecule is CC1(C)CCC(C)(C)c2cc(-c3ccc(-c4cc5c(cc4N(c4ccccc4)c4cccc6c4C(C)(C)CCC6(C)C)C(C)(C)c4ccccc4-5)cc3)ccc21. The summed E-state index contributed by atoms with van der Waals surface area (Å²) in [5, 5.41) is 0. The lowest BCUT2D eigenvalue weighted by Crippen LogP contribution is -2.35. The molecule has 1 nitrogen and oxygen atoms in total. The van der Waals surface area contributed by atoms with Crippen molar-refractivity contribution in [3.8, 4) is 33.4 Å². The van der Waals surface area contributed by atoms with Crippen LogP contribution in [0, 0.1) is 0 Å². The van der Waals surface area contributed by atoms with Gasteiger partial charge in [0, 0.05) is 16.7 Å². The van der Waals surface area contributed by atoms with Gasteiger partial charge >= 0.3 is 0 Å². The zero-order chi connectivity index (χ0) is 39.4. The molecule has 6 aromatic carbocycles. The van der Waals surface area contributed by atoms with E-state index in [0.717, 1.165) is 6.42 Å². The van der Waals surface area contributed by atoms with E-state index in [0.29, 0.717) is 0 Å². The minimum atomic E-state index is -0.127. The molecule has 0 atom stereocenters. The molecule has 0 N–H and O–H groups in total. The summed E-state index contributed by atoms with van der Waals surface area (Å²) in [4.78, 5) is 2.60. The molecule has 0 unspecified atom stereocenters. The van der Waals surface area contributed by atoms with Crippen molar-refractivity contribution in [1.82, 2.24) is 0 Å². The molecule has 0 heterocycles. The fourth-order valence-electron chi connectivity index (χ4n) is 10.6. The van der Waals surface area contributed by atoms with Crippen molar-refractivity contribution in [2.45, 2.75) is 122 Å². The van der Waals surface area contributed by atoms with E-state index in [4.69, 9.17) is 0 Å². The molecule has 9 rings (SSSR count). The van der Waals surface area contributed by atoms with Crippen LogP contribution in [0.5, 0.6) is 0 Å². The molecule has 0 saturated heterocycles. The third-order valence-electron chi connectivity index (χ3n) is 14.4. The Hall–Kier alpha value is -4.88. The summed E-state index contributed by atoms with van der Waals surface area (Å²) < 4.78 is 0. The summed E-state index contributed by atoms with van der Waals surface area (Å²) in [5.41, 5.74) is 20.6. The van der Waals surface area contributed by atoms with E-state index in [1.54, 1.807) is 0 Å². The summed E-state index contributed by atoms with van der Waals surface area (Å²) in [7, 11) is 0. The molecule has 0 fully saturated rings. The van der Waals surface area contributed by atoms with Crippen LogP contribution >= 0.6 is 0 Å². The van der Waals surface area contributed by atoms with Crippen LogP contribution in [0.3, 0.4) is 0 Å². The highest BCUT2D eigenvalue weighted by atomic mass is 15.1. The zero-order valence-electron chi connectivity index (χ0n) is 35.4. The highest BCUT2D eigenvalue weighted by Crippen LogP contribution is 2.56. The number of nitrogens with zero attached hydrogens (tertiary/aromatic N) is 1. The maximum absolute atomic E-state index is 2.60. The Labute approximate surface area is 336 Å². The van der Waals surface area contributed by atoms with Crippen molar-refractivity contribution < 1.29 is 0 Å². The van der Waals surface area contributed by atoms with Crippen molar-refractivity contribution in [1.29, 1.82) is 0 Å². The van der Waals surface area contributed by atoms with Gasteiger partial charge in [0.05, 0.1) is 11.4 Å². The van der Waals surface area contributed by atoms with E-state index < -0.39 is 0 Å². The normalized spacial score (nSPS) is 19.0. The van der Waals surface area contributed by atoms with Crippen LogP contribution < -0.4 is 4.90 Å². The molecule has 3 aliphatic rings. The first-order valence-electron chi connectivity index (χ1n) is 21.0. The first kappa shape index (κ1) is 36.7. The first-order chi connectivity index (χ1) is 26.5. The fraction of sp³-hybridized carbons (Fsp3) is 0.345. The summed E-state index contributed by atoms with van der Waals surface area (Å²) in [6, 6.07) is 49.0. The van der Waals surface area contributed by atoms with Gasteiger partial charge in [-0.2, -0.15) is 0 Å². The summed E-state index contributed by atoms with van der Waals surface area (Å²) >= 11 is 0. The lowest BCUT2D eigenvalue weighted by molar-refractivity contribution is 0.332. The Balaban J connectivity index is 1.27. The van der Waals surface area contributed by atoms with Crippen LogP contribution in [-0.4, -0.2) is 0 Å². The van der Waals surface area contributed by atoms with Gasteiger partial charge in [0.1, 0.15) is 0 Å². The quantitative estimate of drug-likeness (QED) is 0.171. The molecule has 0 aromatic heterocycles. The van der Waals surface area contributed by atoms with Gasteiger partial charge in [0.25, 0.3) is 0 Å². The fourth-order valence-corrected chi connectivity index (χ4v) is 10.6. The molecule has 6 aromatic rings. The maximum Gasteiger partial charge on any atom is 0.0543 e. The van der Waals surface area contributed by atoms with Crippen LogP contribution in [-0.2, 0) is 27.1 Å². The number of benzene rings is 6. The van der Waals surface area contributed by atoms with Gasteiger partial charge in [-0.1, -0.05) is 166 Å². The Morgan fingerprint density at radius 3 is 1.64 bits per heavy atom. The summed E-state index contributed by atoms with van der Waals surface area (Å²) in [6.07, 6.45) is 4.79. The highest BCUT2D eigenvalue weighted by molar-refractivity contribution is 5.95.